The van der Waals surface area contributed by atoms with E-state index in [9.17, 15) is 13.2 Å². The first-order chi connectivity index (χ1) is 11.4. The Bertz CT molecular complexity index is 994. The normalized spacial score (nSPS) is 11.4. The Balaban J connectivity index is 2.12. The van der Waals surface area contributed by atoms with Gasteiger partial charge in [-0.3, -0.25) is 9.36 Å². The van der Waals surface area contributed by atoms with Crippen molar-refractivity contribution in [1.29, 1.82) is 0 Å². The Hall–Kier alpha value is -2.48. The van der Waals surface area contributed by atoms with Gasteiger partial charge in [-0.05, 0) is 48.5 Å². The number of carbonyl (C=O) groups is 1. The van der Waals surface area contributed by atoms with Crippen molar-refractivity contribution in [2.75, 3.05) is 0 Å². The van der Waals surface area contributed by atoms with Gasteiger partial charge in [-0.1, -0.05) is 11.6 Å². The number of sulfonamides is 1. The van der Waals surface area contributed by atoms with E-state index < -0.39 is 10.0 Å². The lowest BCUT2D eigenvalue weighted by Crippen LogP contribution is -2.11. The van der Waals surface area contributed by atoms with Gasteiger partial charge in [0.1, 0.15) is 11.5 Å². The molecule has 8 heteroatoms. The number of hydrogen-bond acceptors (Lipinski definition) is 4. The maximum atomic E-state index is 11.3. The van der Waals surface area contributed by atoms with Crippen molar-refractivity contribution in [1.82, 2.24) is 9.55 Å². The minimum absolute atomic E-state index is 0.00598. The van der Waals surface area contributed by atoms with Crippen molar-refractivity contribution in [3.8, 4) is 17.1 Å². The molecule has 0 radical (unpaired) electrons. The Morgan fingerprint density at radius 2 is 1.67 bits per heavy atom. The molecule has 0 aliphatic heterocycles. The average Bonchev–Trinajstić information content (AvgIpc) is 2.99. The second kappa shape index (κ2) is 6.20. The second-order valence-electron chi connectivity index (χ2n) is 5.02. The van der Waals surface area contributed by atoms with Crippen LogP contribution in [0.1, 0.15) is 10.5 Å². The maximum Gasteiger partial charge on any atom is 0.238 e. The van der Waals surface area contributed by atoms with Crippen LogP contribution in [0, 0.1) is 0 Å². The van der Waals surface area contributed by atoms with Gasteiger partial charge in [-0.25, -0.2) is 18.5 Å². The number of nitrogens with zero attached hydrogens (tertiary/aromatic N) is 2. The first-order valence-corrected chi connectivity index (χ1v) is 8.74. The Morgan fingerprint density at radius 3 is 2.21 bits per heavy atom. The van der Waals surface area contributed by atoms with Crippen LogP contribution in [0.2, 0.25) is 5.02 Å². The van der Waals surface area contributed by atoms with Crippen LogP contribution in [0.3, 0.4) is 0 Å². The lowest BCUT2D eigenvalue weighted by atomic mass is 10.2. The van der Waals surface area contributed by atoms with E-state index in [-0.39, 0.29) is 10.6 Å². The molecule has 0 saturated carbocycles. The third kappa shape index (κ3) is 3.23. The molecule has 0 unspecified atom stereocenters. The van der Waals surface area contributed by atoms with E-state index in [1.165, 1.54) is 12.1 Å². The van der Waals surface area contributed by atoms with Crippen molar-refractivity contribution >= 4 is 27.9 Å². The van der Waals surface area contributed by atoms with Crippen LogP contribution in [-0.4, -0.2) is 24.3 Å². The molecule has 1 heterocycles. The van der Waals surface area contributed by atoms with Crippen LogP contribution < -0.4 is 5.14 Å². The summed E-state index contributed by atoms with van der Waals surface area (Å²) < 4.78 is 24.4. The van der Waals surface area contributed by atoms with Crippen molar-refractivity contribution in [2.45, 2.75) is 4.90 Å². The van der Waals surface area contributed by atoms with Crippen LogP contribution >= 0.6 is 11.6 Å². The summed E-state index contributed by atoms with van der Waals surface area (Å²) in [4.78, 5) is 15.4. The first kappa shape index (κ1) is 16.4. The molecule has 2 N–H and O–H groups in total. The van der Waals surface area contributed by atoms with E-state index in [0.717, 1.165) is 5.69 Å². The van der Waals surface area contributed by atoms with Gasteiger partial charge in [0, 0.05) is 22.5 Å². The zero-order valence-corrected chi connectivity index (χ0v) is 13.8. The van der Waals surface area contributed by atoms with E-state index in [0.29, 0.717) is 22.7 Å². The molecule has 122 valence electrons. The van der Waals surface area contributed by atoms with Gasteiger partial charge >= 0.3 is 0 Å². The smallest absolute Gasteiger partial charge is 0.238 e. The van der Waals surface area contributed by atoms with Gasteiger partial charge in [0.15, 0.2) is 6.29 Å². The third-order valence-corrected chi connectivity index (χ3v) is 4.57. The monoisotopic (exact) mass is 361 g/mol. The first-order valence-electron chi connectivity index (χ1n) is 6.82. The fourth-order valence-corrected chi connectivity index (χ4v) is 2.89. The average molecular weight is 362 g/mol. The summed E-state index contributed by atoms with van der Waals surface area (Å²) in [5.74, 6) is 0.500. The molecule has 3 rings (SSSR count). The van der Waals surface area contributed by atoms with Gasteiger partial charge in [0.2, 0.25) is 10.0 Å². The van der Waals surface area contributed by atoms with Gasteiger partial charge in [0.05, 0.1) is 4.90 Å². The largest absolute Gasteiger partial charge is 0.299 e. The van der Waals surface area contributed by atoms with Crippen LogP contribution in [-0.2, 0) is 10.0 Å². The summed E-state index contributed by atoms with van der Waals surface area (Å²) in [6, 6.07) is 13.0. The van der Waals surface area contributed by atoms with E-state index in [1.807, 2.05) is 0 Å². The Morgan fingerprint density at radius 1 is 1.04 bits per heavy atom. The molecular formula is C16H12ClN3O3S. The zero-order chi connectivity index (χ0) is 17.3. The summed E-state index contributed by atoms with van der Waals surface area (Å²) in [6.45, 7) is 0. The molecule has 0 atom stereocenters. The number of nitrogens with two attached hydrogens (primary N) is 1. The minimum Gasteiger partial charge on any atom is -0.299 e. The summed E-state index contributed by atoms with van der Waals surface area (Å²) in [6.07, 6.45) is 2.24. The van der Waals surface area contributed by atoms with Gasteiger partial charge in [0.25, 0.3) is 0 Å². The zero-order valence-electron chi connectivity index (χ0n) is 12.3. The Kier molecular flexibility index (Phi) is 4.23. The summed E-state index contributed by atoms with van der Waals surface area (Å²) >= 11 is 5.90. The molecular weight excluding hydrogens is 350 g/mol. The SMILES string of the molecule is NS(=O)(=O)c1ccc(-c2nc(C=O)cn2-c2ccc(Cl)cc2)cc1. The highest BCUT2D eigenvalue weighted by atomic mass is 35.5. The number of carbonyl (C=O) groups excluding carboxylic acids is 1. The molecule has 3 aromatic rings. The molecule has 0 fully saturated rings. The summed E-state index contributed by atoms with van der Waals surface area (Å²) in [5, 5.41) is 5.69. The van der Waals surface area contributed by atoms with Crippen LogP contribution in [0.4, 0.5) is 0 Å². The number of aldehydes is 1. The highest BCUT2D eigenvalue weighted by Crippen LogP contribution is 2.24. The van der Waals surface area contributed by atoms with Crippen molar-refractivity contribution in [3.63, 3.8) is 0 Å². The summed E-state index contributed by atoms with van der Waals surface area (Å²) in [5.41, 5.74) is 1.67. The van der Waals surface area contributed by atoms with Gasteiger partial charge in [-0.15, -0.1) is 0 Å². The van der Waals surface area contributed by atoms with Crippen LogP contribution in [0.5, 0.6) is 0 Å². The number of benzene rings is 2. The molecule has 0 saturated heterocycles. The van der Waals surface area contributed by atoms with Gasteiger partial charge < -0.3 is 0 Å². The number of imidazole rings is 1. The highest BCUT2D eigenvalue weighted by molar-refractivity contribution is 7.89. The quantitative estimate of drug-likeness (QED) is 0.722. The lowest BCUT2D eigenvalue weighted by molar-refractivity contribution is 0.111. The molecule has 24 heavy (non-hydrogen) atoms. The molecule has 2 aromatic carbocycles. The topological polar surface area (TPSA) is 95.1 Å². The minimum atomic E-state index is -3.77. The van der Waals surface area contributed by atoms with E-state index in [4.69, 9.17) is 16.7 Å². The van der Waals surface area contributed by atoms with Crippen molar-refractivity contribution < 1.29 is 13.2 Å². The molecule has 0 spiro atoms. The van der Waals surface area contributed by atoms with Crippen LogP contribution in [0.25, 0.3) is 17.1 Å². The predicted octanol–water partition coefficient (Wildman–Crippen LogP) is 2.65. The fraction of sp³-hybridized carbons (Fsp3) is 0. The van der Waals surface area contributed by atoms with E-state index >= 15 is 0 Å². The standard InChI is InChI=1S/C16H12ClN3O3S/c17-12-3-5-14(6-4-12)20-9-13(10-21)19-16(20)11-1-7-15(8-2-11)24(18,22)23/h1-10H,(H2,18,22,23). The molecule has 0 aliphatic rings. The highest BCUT2D eigenvalue weighted by Gasteiger charge is 2.13. The number of hydrogen-bond donors (Lipinski definition) is 1. The molecule has 0 aliphatic carbocycles. The predicted molar refractivity (Wildman–Crippen MR) is 90.8 cm³/mol. The molecule has 6 nitrogen and oxygen atoms in total. The number of halogens is 1. The fourth-order valence-electron chi connectivity index (χ4n) is 2.25. The third-order valence-electron chi connectivity index (χ3n) is 3.39. The summed E-state index contributed by atoms with van der Waals surface area (Å²) in [7, 11) is -3.77. The molecule has 0 amide bonds. The Labute approximate surface area is 143 Å². The molecule has 1 aromatic heterocycles. The van der Waals surface area contributed by atoms with E-state index in [2.05, 4.69) is 4.98 Å². The van der Waals surface area contributed by atoms with Gasteiger partial charge in [-0.2, -0.15) is 0 Å². The molecule has 0 bridgehead atoms. The lowest BCUT2D eigenvalue weighted by Gasteiger charge is -2.08. The number of rotatable bonds is 4. The number of aromatic nitrogens is 2. The van der Waals surface area contributed by atoms with Crippen molar-refractivity contribution in [3.05, 3.63) is 65.4 Å². The van der Waals surface area contributed by atoms with E-state index in [1.54, 1.807) is 47.2 Å². The van der Waals surface area contributed by atoms with Crippen molar-refractivity contribution in [2.24, 2.45) is 5.14 Å². The second-order valence-corrected chi connectivity index (χ2v) is 7.02. The number of primary sulfonamides is 1. The maximum absolute atomic E-state index is 11.3. The van der Waals surface area contributed by atoms with Crippen LogP contribution in [0.15, 0.2) is 59.6 Å².